The zero-order chi connectivity index (χ0) is 58.8. The van der Waals surface area contributed by atoms with E-state index in [-0.39, 0.29) is 25.5 Å². The summed E-state index contributed by atoms with van der Waals surface area (Å²) in [4.78, 5) is 44.3. The van der Waals surface area contributed by atoms with Crippen LogP contribution in [0.1, 0.15) is 128 Å². The molecule has 2 fully saturated rings. The fourth-order valence-corrected chi connectivity index (χ4v) is 13.4. The molecule has 2 aliphatic heterocycles. The Balaban J connectivity index is 0.474. The highest BCUT2D eigenvalue weighted by Crippen LogP contribution is 2.33. The molecule has 0 radical (unpaired) electrons. The molecule has 16 heteroatoms. The minimum atomic E-state index is -0.239. The van der Waals surface area contributed by atoms with Crippen molar-refractivity contribution in [1.82, 2.24) is 19.8 Å². The molecular weight excluding hydrogens is 1120 g/mol. The van der Waals surface area contributed by atoms with E-state index in [2.05, 4.69) is 88.9 Å². The highest BCUT2D eigenvalue weighted by molar-refractivity contribution is 7.17. The molecule has 0 unspecified atom stereocenters. The van der Waals surface area contributed by atoms with Gasteiger partial charge in [-0.3, -0.25) is 19.4 Å². The number of anilines is 2. The van der Waals surface area contributed by atoms with Crippen molar-refractivity contribution in [2.75, 3.05) is 102 Å². The summed E-state index contributed by atoms with van der Waals surface area (Å²) < 4.78 is 37.1. The van der Waals surface area contributed by atoms with Gasteiger partial charge < -0.3 is 38.2 Å². The molecule has 458 valence electrons. The number of piperazine rings is 2. The molecule has 8 aromatic rings. The van der Waals surface area contributed by atoms with Gasteiger partial charge >= 0.3 is 11.9 Å². The Morgan fingerprint density at radius 1 is 0.407 bits per heavy atom. The van der Waals surface area contributed by atoms with Gasteiger partial charge in [0.2, 0.25) is 25.3 Å². The van der Waals surface area contributed by atoms with Crippen LogP contribution in [-0.4, -0.2) is 124 Å². The maximum Gasteiger partial charge on any atom is 0.308 e. The first-order chi connectivity index (χ1) is 42.5. The summed E-state index contributed by atoms with van der Waals surface area (Å²) in [6, 6.07) is 37.2. The number of fused-ring (bicyclic) bond motifs is 4. The molecule has 86 heavy (non-hydrogen) atoms. The van der Waals surface area contributed by atoms with Crippen molar-refractivity contribution in [1.29, 1.82) is 0 Å². The van der Waals surface area contributed by atoms with Gasteiger partial charge in [-0.05, 0) is 135 Å². The predicted molar refractivity (Wildman–Crippen MR) is 351 cm³/mol. The summed E-state index contributed by atoms with van der Waals surface area (Å²) in [5.74, 6) is 1.95. The van der Waals surface area contributed by atoms with E-state index in [0.29, 0.717) is 37.8 Å². The van der Waals surface area contributed by atoms with Crippen molar-refractivity contribution >= 4 is 88.0 Å². The fraction of sp³-hybridized carbons (Fsp3) is 0.486. The molecule has 2 aliphatic rings. The van der Waals surface area contributed by atoms with Gasteiger partial charge in [0.25, 0.3) is 0 Å². The zero-order valence-corrected chi connectivity index (χ0v) is 52.0. The third kappa shape index (κ3) is 19.4. The molecule has 4 aromatic heterocycles. The number of thiophene rings is 2. The van der Waals surface area contributed by atoms with Crippen LogP contribution in [0.2, 0.25) is 0 Å². The first-order valence-corrected chi connectivity index (χ1v) is 33.7. The smallest absolute Gasteiger partial charge is 0.308 e. The van der Waals surface area contributed by atoms with E-state index in [1.54, 1.807) is 12.1 Å². The average Bonchev–Trinajstić information content (AvgIpc) is 3.65. The van der Waals surface area contributed by atoms with Crippen molar-refractivity contribution in [3.63, 3.8) is 0 Å². The lowest BCUT2D eigenvalue weighted by Gasteiger charge is -2.36. The number of benzene rings is 4. The van der Waals surface area contributed by atoms with Gasteiger partial charge in [-0.15, -0.1) is 22.7 Å². The Morgan fingerprint density at radius 2 is 0.802 bits per heavy atom. The van der Waals surface area contributed by atoms with E-state index in [0.717, 1.165) is 163 Å². The zero-order valence-electron chi connectivity index (χ0n) is 50.4. The van der Waals surface area contributed by atoms with E-state index in [9.17, 15) is 9.59 Å². The van der Waals surface area contributed by atoms with Crippen LogP contribution in [0.15, 0.2) is 120 Å². The lowest BCUT2D eigenvalue weighted by Crippen LogP contribution is -2.46. The van der Waals surface area contributed by atoms with E-state index in [1.807, 2.05) is 71.2 Å². The molecule has 0 bridgehead atoms. The molecule has 0 aliphatic carbocycles. The number of hydrogen-bond acceptors (Lipinski definition) is 16. The van der Waals surface area contributed by atoms with Crippen LogP contribution >= 0.6 is 22.7 Å². The number of esters is 2. The van der Waals surface area contributed by atoms with Crippen LogP contribution in [0.25, 0.3) is 42.0 Å². The average molecular weight is 1210 g/mol. The molecule has 0 spiro atoms. The topological polar surface area (TPSA) is 128 Å². The van der Waals surface area contributed by atoms with Gasteiger partial charge in [-0.2, -0.15) is 0 Å². The number of hydrogen-bond donors (Lipinski definition) is 0. The highest BCUT2D eigenvalue weighted by Gasteiger charge is 2.21. The van der Waals surface area contributed by atoms with Crippen molar-refractivity contribution in [2.24, 2.45) is 0 Å². The normalized spacial score (nSPS) is 14.1. The molecule has 0 saturated carbocycles. The number of nitrogens with zero attached hydrogens (tertiary/aromatic N) is 6. The highest BCUT2D eigenvalue weighted by atomic mass is 32.1. The van der Waals surface area contributed by atoms with Gasteiger partial charge in [-0.1, -0.05) is 89.2 Å². The van der Waals surface area contributed by atoms with Gasteiger partial charge in [0.1, 0.15) is 11.5 Å². The summed E-state index contributed by atoms with van der Waals surface area (Å²) in [5.41, 5.74) is 4.30. The maximum atomic E-state index is 12.4. The van der Waals surface area contributed by atoms with Crippen LogP contribution < -0.4 is 28.7 Å². The second kappa shape index (κ2) is 34.0. The lowest BCUT2D eigenvalue weighted by molar-refractivity contribution is -0.151. The SMILES string of the molecule is O=C(CCCCCCCCCCCCCCCCC(=O)OCOc1ccc2ccc(OCCCCN3CCN(c4cccc5sccc45)CC3)cc2n1)OCOc1ccc2ccc(OCCCCN3CCN(c4cccc5sccc45)CC3)cc2n1. The van der Waals surface area contributed by atoms with Crippen LogP contribution in [0.3, 0.4) is 0 Å². The number of ether oxygens (including phenoxy) is 6. The summed E-state index contributed by atoms with van der Waals surface area (Å²) in [7, 11) is 0. The van der Waals surface area contributed by atoms with E-state index in [1.165, 1.54) is 82.9 Å². The number of carbonyl (C=O) groups is 2. The third-order valence-electron chi connectivity index (χ3n) is 16.8. The van der Waals surface area contributed by atoms with Crippen molar-refractivity contribution in [2.45, 2.75) is 128 Å². The summed E-state index contributed by atoms with van der Waals surface area (Å²) in [6.07, 6.45) is 20.9. The summed E-state index contributed by atoms with van der Waals surface area (Å²) >= 11 is 3.63. The first-order valence-electron chi connectivity index (χ1n) is 32.0. The molecule has 6 heterocycles. The lowest BCUT2D eigenvalue weighted by atomic mass is 10.0. The quantitative estimate of drug-likeness (QED) is 0.0208. The van der Waals surface area contributed by atoms with E-state index in [4.69, 9.17) is 28.4 Å². The second-order valence-corrected chi connectivity index (χ2v) is 24.9. The molecule has 10 rings (SSSR count). The molecule has 0 N–H and O–H groups in total. The molecule has 14 nitrogen and oxygen atoms in total. The molecule has 0 amide bonds. The number of pyridine rings is 2. The van der Waals surface area contributed by atoms with Gasteiger partial charge in [0.05, 0.1) is 24.2 Å². The summed E-state index contributed by atoms with van der Waals surface area (Å²) in [5, 5.41) is 9.11. The molecule has 2 saturated heterocycles. The standard InChI is InChI=1S/C70H88N6O8S2/c77-69(83-53-81-67-33-29-55-27-31-57(51-61(55)71-67)79-47-17-15-37-73-39-43-75(44-40-73)63-21-19-23-65-59(63)35-49-85-65)25-13-11-9-7-5-3-1-2-4-6-8-10-12-14-26-70(78)84-54-82-68-34-30-56-28-32-58(52-62(56)72-68)80-48-18-16-38-74-41-45-76(46-42-74)64-22-20-24-66-60(64)36-50-86-66/h19-24,27-36,49-52H,1-18,25-26,37-48,53-54H2. The number of carbonyl (C=O) groups excluding carboxylic acids is 2. The minimum Gasteiger partial charge on any atom is -0.494 e. The first kappa shape index (κ1) is 62.3. The van der Waals surface area contributed by atoms with E-state index >= 15 is 0 Å². The van der Waals surface area contributed by atoms with Gasteiger partial charge in [0, 0.05) is 132 Å². The van der Waals surface area contributed by atoms with Crippen LogP contribution in [0.5, 0.6) is 23.3 Å². The van der Waals surface area contributed by atoms with Crippen LogP contribution in [-0.2, 0) is 19.1 Å². The number of unbranched alkanes of at least 4 members (excludes halogenated alkanes) is 15. The van der Waals surface area contributed by atoms with Crippen LogP contribution in [0, 0.1) is 0 Å². The number of aromatic nitrogens is 2. The molecule has 0 atom stereocenters. The Labute approximate surface area is 516 Å². The van der Waals surface area contributed by atoms with Gasteiger partial charge in [-0.25, -0.2) is 9.97 Å². The van der Waals surface area contributed by atoms with Crippen molar-refractivity contribution < 1.29 is 38.0 Å². The number of rotatable bonds is 37. The van der Waals surface area contributed by atoms with Crippen LogP contribution in [0.4, 0.5) is 11.4 Å². The van der Waals surface area contributed by atoms with E-state index < -0.39 is 0 Å². The third-order valence-corrected chi connectivity index (χ3v) is 18.6. The largest absolute Gasteiger partial charge is 0.494 e. The minimum absolute atomic E-state index is 0.151. The van der Waals surface area contributed by atoms with Crippen molar-refractivity contribution in [3.8, 4) is 23.3 Å². The Morgan fingerprint density at radius 3 is 1.22 bits per heavy atom. The summed E-state index contributed by atoms with van der Waals surface area (Å²) in [6.45, 7) is 11.8. The Bertz CT molecular complexity index is 3120. The maximum absolute atomic E-state index is 12.4. The predicted octanol–water partition coefficient (Wildman–Crippen LogP) is 15.9. The monoisotopic (exact) mass is 1200 g/mol. The Hall–Kier alpha value is -6.72. The Kier molecular flexibility index (Phi) is 24.6. The molecular formula is C70H88N6O8S2. The second-order valence-electron chi connectivity index (χ2n) is 23.0. The van der Waals surface area contributed by atoms with Crippen molar-refractivity contribution in [3.05, 3.63) is 120 Å². The molecule has 4 aromatic carbocycles. The fourth-order valence-electron chi connectivity index (χ4n) is 11.8. The van der Waals surface area contributed by atoms with Gasteiger partial charge in [0.15, 0.2) is 0 Å².